The predicted molar refractivity (Wildman–Crippen MR) is 430 cm³/mol. The lowest BCUT2D eigenvalue weighted by Gasteiger charge is -2.38. The second-order valence-electron chi connectivity index (χ2n) is 30.0. The Balaban J connectivity index is 0.000000134. The van der Waals surface area contributed by atoms with Crippen LogP contribution in [-0.2, 0) is 0 Å². The molecule has 3 aromatic carbocycles. The van der Waals surface area contributed by atoms with Gasteiger partial charge < -0.3 is 89.6 Å². The lowest BCUT2D eigenvalue weighted by atomic mass is 10.1. The molecule has 0 bridgehead atoms. The number of nitrogens with one attached hydrogen (secondary N) is 7. The van der Waals surface area contributed by atoms with Crippen molar-refractivity contribution in [1.29, 1.82) is 0 Å². The summed E-state index contributed by atoms with van der Waals surface area (Å²) in [6, 6.07) is 25.0. The first kappa shape index (κ1) is 80.6. The molecule has 6 aliphatic rings. The van der Waals surface area contributed by atoms with Crippen molar-refractivity contribution in [3.8, 4) is 34.9 Å². The summed E-state index contributed by atoms with van der Waals surface area (Å²) in [4.78, 5) is 102. The van der Waals surface area contributed by atoms with Crippen LogP contribution in [0.25, 0.3) is 32.7 Å². The van der Waals surface area contributed by atoms with Crippen LogP contribution in [0.1, 0.15) is 55.1 Å². The molecule has 12 aromatic rings. The lowest BCUT2D eigenvalue weighted by molar-refractivity contribution is -0.113. The monoisotopic (exact) mass is 1660 g/mol. The Hall–Kier alpha value is -13.2. The number of likely N-dealkylation sites (tertiary alicyclic amines) is 3. The van der Waals surface area contributed by atoms with Crippen LogP contribution in [0, 0.1) is 38.2 Å². The summed E-state index contributed by atoms with van der Waals surface area (Å²) in [5, 5.41) is 13.2. The molecule has 7 N–H and O–H groups in total. The van der Waals surface area contributed by atoms with E-state index in [2.05, 4.69) is 120 Å². The number of piperazine rings is 3. The highest BCUT2D eigenvalue weighted by Gasteiger charge is 2.50. The van der Waals surface area contributed by atoms with Gasteiger partial charge in [-0.25, -0.2) is 84.4 Å². The molecule has 0 aliphatic carbocycles. The molecule has 0 saturated carbocycles. The van der Waals surface area contributed by atoms with Gasteiger partial charge in [0.1, 0.15) is 53.1 Å². The molecule has 6 aliphatic heterocycles. The standard InChI is InChI=1S/C28H29F3N8O2.C27H27F3N8O2.C26H25F3N8O2/c1-3-37-8-10-38(11-9-37)18-4-7-22(32-13-18)36-25-23(27(40)39-14-28(30,31)15-39)26(34-16-33-25)41-21-6-5-20-19(24(21)29)12-17(2)35-20;1-16-11-18-19(34-16)4-5-20(23(18)28)40-25-22(26(39)38-13-27(29,30)14-38)24(32-15-33-25)35-21-6-3-17(12-31-21)37-9-7-36(2)8-10-37;1-15-10-17-18(34-15)3-4-19(22(17)27)39-24-21(25(38)37-12-26(28,29)13-37)23(32-14-33-24)35-20-5-2-16(11-31-20)36-8-6-30-7-9-36/h4-7,12-13,16,35H,3,8-11,14-15H2,1-2H3,(H,32,33,34,36);3-6,11-12,15,34H,7-10,13-14H2,1-2H3,(H,31,32,33,35);2-5,10-11,14,30,34H,6-9,12-13H2,1H3,(H,31,32,33,35). The zero-order valence-electron chi connectivity index (χ0n) is 65.5. The number of carbonyl (C=O) groups excluding carboxylic acids is 3. The summed E-state index contributed by atoms with van der Waals surface area (Å²) >= 11 is 0. The number of carbonyl (C=O) groups is 3. The zero-order valence-corrected chi connectivity index (χ0v) is 65.5. The Labute approximate surface area is 679 Å². The number of amides is 3. The molecule has 0 radical (unpaired) electrons. The van der Waals surface area contributed by atoms with Crippen LogP contribution in [0.2, 0.25) is 0 Å². The molecule has 30 nitrogen and oxygen atoms in total. The maximum atomic E-state index is 15.3. The number of likely N-dealkylation sites (N-methyl/N-ethyl adjacent to an activating group) is 2. The number of aromatic amines is 3. The first-order valence-electron chi connectivity index (χ1n) is 38.6. The van der Waals surface area contributed by atoms with E-state index in [4.69, 9.17) is 14.2 Å². The number of anilines is 9. The fraction of sp³-hybridized carbons (Fsp3) is 0.333. The van der Waals surface area contributed by atoms with Gasteiger partial charge in [-0.2, -0.15) is 0 Å². The van der Waals surface area contributed by atoms with Crippen LogP contribution in [0.5, 0.6) is 34.9 Å². The summed E-state index contributed by atoms with van der Waals surface area (Å²) < 4.78 is 145. The SMILES string of the molecule is CCN1CCN(c2ccc(Nc3ncnc(Oc4ccc5[nH]c(C)cc5c4F)c3C(=O)N3CC(F)(F)C3)nc2)CC1.Cc1cc2c(F)c(Oc3ncnc(Nc4ccc(N5CCN(C)CC5)cn4)c3C(=O)N3CC(F)(F)C3)ccc2[nH]1.Cc1cc2c(F)c(Oc3ncnc(Nc4ccc(N5CCNCC5)cn4)c3C(=O)N3CC(F)(F)C3)ccc2[nH]1. The van der Waals surface area contributed by atoms with Gasteiger partial charge in [-0.1, -0.05) is 6.92 Å². The summed E-state index contributed by atoms with van der Waals surface area (Å²) in [6.45, 7) is 14.9. The van der Waals surface area contributed by atoms with E-state index in [-0.39, 0.29) is 69.0 Å². The third-order valence-electron chi connectivity index (χ3n) is 21.1. The van der Waals surface area contributed by atoms with Crippen molar-refractivity contribution >= 4 is 102 Å². The van der Waals surface area contributed by atoms with Crippen molar-refractivity contribution in [2.45, 2.75) is 45.5 Å². The topological polar surface area (TPSA) is 316 Å². The minimum absolute atomic E-state index is 0.00149. The molecule has 120 heavy (non-hydrogen) atoms. The van der Waals surface area contributed by atoms with Crippen molar-refractivity contribution in [3.63, 3.8) is 0 Å². The Morgan fingerprint density at radius 2 is 0.717 bits per heavy atom. The number of rotatable bonds is 19. The van der Waals surface area contributed by atoms with Gasteiger partial charge in [0.25, 0.3) is 35.5 Å². The average molecular weight is 1660 g/mol. The molecule has 6 saturated heterocycles. The van der Waals surface area contributed by atoms with E-state index in [1.807, 2.05) is 18.2 Å². The first-order chi connectivity index (χ1) is 57.6. The fourth-order valence-corrected chi connectivity index (χ4v) is 14.7. The van der Waals surface area contributed by atoms with Gasteiger partial charge in [-0.15, -0.1) is 0 Å². The highest BCUT2D eigenvalue weighted by atomic mass is 19.3. The van der Waals surface area contributed by atoms with E-state index in [0.717, 1.165) is 153 Å². The van der Waals surface area contributed by atoms with E-state index in [1.54, 1.807) is 94.0 Å². The number of ether oxygens (including phenoxy) is 3. The quantitative estimate of drug-likeness (QED) is 0.0370. The Morgan fingerprint density at radius 1 is 0.408 bits per heavy atom. The second kappa shape index (κ2) is 33.3. The van der Waals surface area contributed by atoms with Crippen LogP contribution in [0.15, 0.2) is 129 Å². The Bertz CT molecular complexity index is 5780. The van der Waals surface area contributed by atoms with E-state index >= 15 is 13.2 Å². The Morgan fingerprint density at radius 3 is 1.01 bits per heavy atom. The van der Waals surface area contributed by atoms with Gasteiger partial charge >= 0.3 is 0 Å². The van der Waals surface area contributed by atoms with Crippen LogP contribution in [0.4, 0.5) is 91.5 Å². The minimum Gasteiger partial charge on any atom is -0.435 e. The van der Waals surface area contributed by atoms with Gasteiger partial charge in [0.05, 0.1) is 74.9 Å². The predicted octanol–water partition coefficient (Wildman–Crippen LogP) is 12.6. The number of benzene rings is 3. The number of halogens is 9. The number of alkyl halides is 6. The molecule has 0 spiro atoms. The first-order valence-corrected chi connectivity index (χ1v) is 38.6. The van der Waals surface area contributed by atoms with E-state index in [9.17, 15) is 40.7 Å². The molecule has 0 unspecified atom stereocenters. The summed E-state index contributed by atoms with van der Waals surface area (Å²) in [7, 11) is 2.08. The fourth-order valence-electron chi connectivity index (χ4n) is 14.7. The zero-order chi connectivity index (χ0) is 83.9. The third-order valence-corrected chi connectivity index (χ3v) is 21.1. The highest BCUT2D eigenvalue weighted by Crippen LogP contribution is 2.42. The van der Waals surface area contributed by atoms with Gasteiger partial charge in [-0.3, -0.25) is 14.4 Å². The third kappa shape index (κ3) is 17.5. The smallest absolute Gasteiger partial charge is 0.282 e. The number of fused-ring (bicyclic) bond motifs is 3. The molecule has 15 heterocycles. The molecule has 624 valence electrons. The summed E-state index contributed by atoms with van der Waals surface area (Å²) in [5.41, 5.74) is 6.29. The van der Waals surface area contributed by atoms with Gasteiger partial charge in [0, 0.05) is 128 Å². The van der Waals surface area contributed by atoms with Crippen LogP contribution in [0.3, 0.4) is 0 Å². The normalized spacial score (nSPS) is 16.9. The minimum atomic E-state index is -2.98. The molecule has 6 fully saturated rings. The second-order valence-corrected chi connectivity index (χ2v) is 30.0. The molecular weight excluding hydrogens is 1580 g/mol. The molecule has 9 aromatic heterocycles. The molecule has 0 atom stereocenters. The van der Waals surface area contributed by atoms with Gasteiger partial charge in [0.15, 0.2) is 52.2 Å². The van der Waals surface area contributed by atoms with Crippen molar-refractivity contribution in [2.75, 3.05) is 162 Å². The molecule has 39 heteroatoms. The van der Waals surface area contributed by atoms with Gasteiger partial charge in [0.2, 0.25) is 17.6 Å². The number of hydrogen-bond acceptors (Lipinski definition) is 24. The van der Waals surface area contributed by atoms with E-state index < -0.39 is 92.2 Å². The van der Waals surface area contributed by atoms with E-state index in [1.165, 1.54) is 18.2 Å². The molecule has 18 rings (SSSR count). The van der Waals surface area contributed by atoms with Crippen LogP contribution < -0.4 is 50.2 Å². The van der Waals surface area contributed by atoms with Crippen molar-refractivity contribution in [2.24, 2.45) is 0 Å². The summed E-state index contributed by atoms with van der Waals surface area (Å²) in [6.07, 6.45) is 8.58. The maximum Gasteiger partial charge on any atom is 0.282 e. The van der Waals surface area contributed by atoms with Crippen molar-refractivity contribution < 1.29 is 68.1 Å². The number of nitrogens with zero attached hydrogens (tertiary/aromatic N) is 17. The van der Waals surface area contributed by atoms with Gasteiger partial charge in [-0.05, 0) is 125 Å². The largest absolute Gasteiger partial charge is 0.435 e. The molecule has 3 amide bonds. The van der Waals surface area contributed by atoms with Crippen molar-refractivity contribution in [3.05, 3.63) is 180 Å². The number of hydrogen-bond donors (Lipinski definition) is 7. The van der Waals surface area contributed by atoms with Crippen LogP contribution in [-0.4, -0.2) is 251 Å². The summed E-state index contributed by atoms with van der Waals surface area (Å²) in [5.74, 6) is -13.4. The number of pyridine rings is 3. The van der Waals surface area contributed by atoms with Crippen LogP contribution >= 0.6 is 0 Å². The molecular formula is C81H81F9N24O6. The number of aryl methyl sites for hydroxylation is 3. The van der Waals surface area contributed by atoms with Crippen molar-refractivity contribution in [1.82, 2.24) is 89.6 Å². The van der Waals surface area contributed by atoms with E-state index in [0.29, 0.717) is 50.2 Å². The number of H-pyrrole nitrogens is 3. The lowest BCUT2D eigenvalue weighted by Crippen LogP contribution is -2.58. The number of aromatic nitrogens is 12. The highest BCUT2D eigenvalue weighted by molar-refractivity contribution is 6.04. The average Bonchev–Trinajstić information content (AvgIpc) is 0.965. The Kier molecular flexibility index (Phi) is 22.4. The maximum absolute atomic E-state index is 15.3.